The van der Waals surface area contributed by atoms with Gasteiger partial charge in [-0.3, -0.25) is 0 Å². The van der Waals surface area contributed by atoms with Crippen molar-refractivity contribution in [3.8, 4) is 0 Å². The van der Waals surface area contributed by atoms with E-state index in [1.807, 2.05) is 0 Å². The predicted octanol–water partition coefficient (Wildman–Crippen LogP) is 3.04. The van der Waals surface area contributed by atoms with Crippen LogP contribution < -0.4 is 0 Å². The maximum absolute atomic E-state index is 5.94. The standard InChI is InChI=1S/C15H32O4/c1-7-15(4,19-13-12-17-6)9-11-18-14(2,3)8-10-16-5/h7-13H2,1-6H3. The zero-order valence-electron chi connectivity index (χ0n) is 13.6. The normalized spacial score (nSPS) is 15.5. The minimum absolute atomic E-state index is 0.129. The molecule has 0 aromatic carbocycles. The molecule has 0 rings (SSSR count). The Morgan fingerprint density at radius 3 is 1.89 bits per heavy atom. The molecule has 0 aliphatic heterocycles. The van der Waals surface area contributed by atoms with Crippen LogP contribution in [0.4, 0.5) is 0 Å². The highest BCUT2D eigenvalue weighted by molar-refractivity contribution is 4.75. The van der Waals surface area contributed by atoms with Crippen LogP contribution >= 0.6 is 0 Å². The highest BCUT2D eigenvalue weighted by Gasteiger charge is 2.25. The van der Waals surface area contributed by atoms with Crippen molar-refractivity contribution in [3.05, 3.63) is 0 Å². The lowest BCUT2D eigenvalue weighted by Gasteiger charge is -2.31. The second kappa shape index (κ2) is 9.70. The van der Waals surface area contributed by atoms with Gasteiger partial charge in [0.05, 0.1) is 31.0 Å². The van der Waals surface area contributed by atoms with E-state index in [-0.39, 0.29) is 11.2 Å². The summed E-state index contributed by atoms with van der Waals surface area (Å²) < 4.78 is 21.9. The lowest BCUT2D eigenvalue weighted by Crippen LogP contribution is -2.34. The van der Waals surface area contributed by atoms with Gasteiger partial charge in [0.15, 0.2) is 0 Å². The van der Waals surface area contributed by atoms with Gasteiger partial charge in [-0.15, -0.1) is 0 Å². The third-order valence-electron chi connectivity index (χ3n) is 3.52. The van der Waals surface area contributed by atoms with Gasteiger partial charge in [0.2, 0.25) is 0 Å². The summed E-state index contributed by atoms with van der Waals surface area (Å²) in [7, 11) is 3.40. The Labute approximate surface area is 118 Å². The van der Waals surface area contributed by atoms with Gasteiger partial charge >= 0.3 is 0 Å². The summed E-state index contributed by atoms with van der Waals surface area (Å²) in [6, 6.07) is 0. The van der Waals surface area contributed by atoms with Crippen molar-refractivity contribution in [2.75, 3.05) is 40.6 Å². The molecule has 0 aliphatic rings. The van der Waals surface area contributed by atoms with Crippen molar-refractivity contribution in [2.45, 2.75) is 58.2 Å². The van der Waals surface area contributed by atoms with Crippen molar-refractivity contribution < 1.29 is 18.9 Å². The third kappa shape index (κ3) is 9.38. The number of hydrogen-bond donors (Lipinski definition) is 0. The van der Waals surface area contributed by atoms with Crippen LogP contribution in [0.15, 0.2) is 0 Å². The number of rotatable bonds is 12. The Balaban J connectivity index is 3.98. The summed E-state index contributed by atoms with van der Waals surface area (Å²) >= 11 is 0. The largest absolute Gasteiger partial charge is 0.385 e. The zero-order valence-corrected chi connectivity index (χ0v) is 13.6. The van der Waals surface area contributed by atoms with Gasteiger partial charge in [-0.25, -0.2) is 0 Å². The minimum Gasteiger partial charge on any atom is -0.385 e. The Morgan fingerprint density at radius 2 is 1.37 bits per heavy atom. The molecule has 0 N–H and O–H groups in total. The Bertz CT molecular complexity index is 218. The maximum atomic E-state index is 5.94. The van der Waals surface area contributed by atoms with Crippen LogP contribution in [-0.2, 0) is 18.9 Å². The quantitative estimate of drug-likeness (QED) is 0.513. The van der Waals surface area contributed by atoms with Crippen molar-refractivity contribution in [1.29, 1.82) is 0 Å². The van der Waals surface area contributed by atoms with E-state index in [4.69, 9.17) is 18.9 Å². The van der Waals surface area contributed by atoms with E-state index < -0.39 is 0 Å². The summed E-state index contributed by atoms with van der Waals surface area (Å²) in [4.78, 5) is 0. The van der Waals surface area contributed by atoms with Crippen LogP contribution in [-0.4, -0.2) is 51.8 Å². The third-order valence-corrected chi connectivity index (χ3v) is 3.52. The fourth-order valence-corrected chi connectivity index (χ4v) is 1.69. The number of hydrogen-bond acceptors (Lipinski definition) is 4. The van der Waals surface area contributed by atoms with Gasteiger partial charge in [-0.1, -0.05) is 6.92 Å². The van der Waals surface area contributed by atoms with Crippen molar-refractivity contribution in [2.24, 2.45) is 0 Å². The molecule has 0 heterocycles. The first-order valence-electron chi connectivity index (χ1n) is 7.15. The van der Waals surface area contributed by atoms with Crippen LogP contribution in [0.3, 0.4) is 0 Å². The van der Waals surface area contributed by atoms with Crippen LogP contribution in [0.5, 0.6) is 0 Å². The van der Waals surface area contributed by atoms with Gasteiger partial charge < -0.3 is 18.9 Å². The number of ether oxygens (including phenoxy) is 4. The van der Waals surface area contributed by atoms with E-state index in [2.05, 4.69) is 27.7 Å². The van der Waals surface area contributed by atoms with Gasteiger partial charge in [0, 0.05) is 20.8 Å². The molecule has 0 fully saturated rings. The molecule has 0 radical (unpaired) electrons. The molecule has 0 saturated carbocycles. The smallest absolute Gasteiger partial charge is 0.0707 e. The monoisotopic (exact) mass is 276 g/mol. The second-order valence-electron chi connectivity index (χ2n) is 5.75. The van der Waals surface area contributed by atoms with Gasteiger partial charge in [0.25, 0.3) is 0 Å². The lowest BCUT2D eigenvalue weighted by molar-refractivity contribution is -0.0945. The molecule has 19 heavy (non-hydrogen) atoms. The molecule has 0 spiro atoms. The van der Waals surface area contributed by atoms with Gasteiger partial charge in [-0.2, -0.15) is 0 Å². The van der Waals surface area contributed by atoms with Crippen LogP contribution in [0, 0.1) is 0 Å². The van der Waals surface area contributed by atoms with E-state index in [0.717, 1.165) is 25.9 Å². The summed E-state index contributed by atoms with van der Waals surface area (Å²) in [5.41, 5.74) is -0.271. The highest BCUT2D eigenvalue weighted by Crippen LogP contribution is 2.22. The molecule has 116 valence electrons. The first-order valence-corrected chi connectivity index (χ1v) is 7.15. The van der Waals surface area contributed by atoms with Crippen LogP contribution in [0.25, 0.3) is 0 Å². The molecule has 0 bridgehead atoms. The fourth-order valence-electron chi connectivity index (χ4n) is 1.69. The minimum atomic E-state index is -0.142. The van der Waals surface area contributed by atoms with E-state index >= 15 is 0 Å². The average Bonchev–Trinajstić information content (AvgIpc) is 2.36. The Morgan fingerprint density at radius 1 is 0.737 bits per heavy atom. The van der Waals surface area contributed by atoms with Crippen LogP contribution in [0.2, 0.25) is 0 Å². The van der Waals surface area contributed by atoms with Crippen LogP contribution in [0.1, 0.15) is 47.0 Å². The molecule has 0 saturated heterocycles. The molecular weight excluding hydrogens is 244 g/mol. The molecule has 0 aliphatic carbocycles. The van der Waals surface area contributed by atoms with E-state index in [1.54, 1.807) is 14.2 Å². The zero-order chi connectivity index (χ0) is 14.8. The summed E-state index contributed by atoms with van der Waals surface area (Å²) in [5.74, 6) is 0. The van der Waals surface area contributed by atoms with Gasteiger partial charge in [-0.05, 0) is 40.0 Å². The molecule has 0 aromatic heterocycles. The Kier molecular flexibility index (Phi) is 9.62. The summed E-state index contributed by atoms with van der Waals surface area (Å²) in [6.45, 7) is 11.2. The number of methoxy groups -OCH3 is 2. The molecule has 1 unspecified atom stereocenters. The molecule has 4 nitrogen and oxygen atoms in total. The lowest BCUT2D eigenvalue weighted by atomic mass is 9.99. The van der Waals surface area contributed by atoms with Gasteiger partial charge in [0.1, 0.15) is 0 Å². The first kappa shape index (κ1) is 18.8. The highest BCUT2D eigenvalue weighted by atomic mass is 16.5. The maximum Gasteiger partial charge on any atom is 0.0707 e. The van der Waals surface area contributed by atoms with E-state index in [0.29, 0.717) is 19.8 Å². The summed E-state index contributed by atoms with van der Waals surface area (Å²) in [6.07, 6.45) is 2.76. The molecule has 0 aromatic rings. The topological polar surface area (TPSA) is 36.9 Å². The predicted molar refractivity (Wildman–Crippen MR) is 77.7 cm³/mol. The van der Waals surface area contributed by atoms with Crippen molar-refractivity contribution >= 4 is 0 Å². The fraction of sp³-hybridized carbons (Fsp3) is 1.00. The second-order valence-corrected chi connectivity index (χ2v) is 5.75. The molecule has 1 atom stereocenters. The van der Waals surface area contributed by atoms with Crippen molar-refractivity contribution in [1.82, 2.24) is 0 Å². The molecule has 4 heteroatoms. The molecule has 0 amide bonds. The van der Waals surface area contributed by atoms with Crippen molar-refractivity contribution in [3.63, 3.8) is 0 Å². The van der Waals surface area contributed by atoms with E-state index in [1.165, 1.54) is 0 Å². The first-order chi connectivity index (χ1) is 8.89. The molecular formula is C15H32O4. The Hall–Kier alpha value is -0.160. The SMILES string of the molecule is CCC(C)(CCOC(C)(C)CCOC)OCCOC. The van der Waals surface area contributed by atoms with E-state index in [9.17, 15) is 0 Å². The summed E-state index contributed by atoms with van der Waals surface area (Å²) in [5, 5.41) is 0. The average molecular weight is 276 g/mol.